The number of nitrogens with zero attached hydrogens (tertiary/aromatic N) is 1. The van der Waals surface area contributed by atoms with Crippen molar-refractivity contribution in [1.82, 2.24) is 4.98 Å². The van der Waals surface area contributed by atoms with Gasteiger partial charge in [0.25, 0.3) is 10.0 Å². The number of hydrogen-bond acceptors (Lipinski definition) is 5. The van der Waals surface area contributed by atoms with Gasteiger partial charge < -0.3 is 5.11 Å². The van der Waals surface area contributed by atoms with Gasteiger partial charge in [0, 0.05) is 4.47 Å². The van der Waals surface area contributed by atoms with Crippen molar-refractivity contribution >= 4 is 43.1 Å². The van der Waals surface area contributed by atoms with Crippen molar-refractivity contribution in [3.63, 3.8) is 0 Å². The molecule has 20 heavy (non-hydrogen) atoms. The van der Waals surface area contributed by atoms with Gasteiger partial charge in [-0.05, 0) is 52.9 Å². The van der Waals surface area contributed by atoms with Crippen LogP contribution in [0.5, 0.6) is 0 Å². The number of rotatable bonds is 4. The predicted molar refractivity (Wildman–Crippen MR) is 82.5 cm³/mol. The number of thiophene rings is 1. The molecule has 0 aliphatic heterocycles. The molecule has 0 fully saturated rings. The Morgan fingerprint density at radius 1 is 1.40 bits per heavy atom. The van der Waals surface area contributed by atoms with E-state index in [1.807, 2.05) is 0 Å². The fraction of sp³-hybridized carbons (Fsp3) is 0.250. The first kappa shape index (κ1) is 15.4. The second-order valence-electron chi connectivity index (χ2n) is 4.20. The number of hydrogen-bond donors (Lipinski definition) is 2. The highest BCUT2D eigenvalue weighted by molar-refractivity contribution is 9.10. The van der Waals surface area contributed by atoms with E-state index in [2.05, 4.69) is 25.6 Å². The Morgan fingerprint density at radius 3 is 2.70 bits per heavy atom. The summed E-state index contributed by atoms with van der Waals surface area (Å²) in [6.45, 7) is 3.17. The van der Waals surface area contributed by atoms with Crippen LogP contribution in [0.3, 0.4) is 0 Å². The van der Waals surface area contributed by atoms with Crippen molar-refractivity contribution in [2.45, 2.75) is 25.3 Å². The number of pyridine rings is 1. The molecule has 5 nitrogen and oxygen atoms in total. The summed E-state index contributed by atoms with van der Waals surface area (Å²) in [5, 5.41) is 10.9. The zero-order valence-electron chi connectivity index (χ0n) is 10.8. The molecule has 2 aromatic heterocycles. The summed E-state index contributed by atoms with van der Waals surface area (Å²) < 4.78 is 28.0. The van der Waals surface area contributed by atoms with Crippen LogP contribution in [0.2, 0.25) is 0 Å². The van der Waals surface area contributed by atoms with Crippen LogP contribution < -0.4 is 4.72 Å². The van der Waals surface area contributed by atoms with Crippen LogP contribution in [0.25, 0.3) is 0 Å². The molecule has 0 spiro atoms. The molecule has 2 aromatic rings. The summed E-state index contributed by atoms with van der Waals surface area (Å²) in [5.74, 6) is 0.250. The summed E-state index contributed by atoms with van der Waals surface area (Å²) in [7, 11) is -3.75. The van der Waals surface area contributed by atoms with Crippen LogP contribution in [0, 0.1) is 13.8 Å². The van der Waals surface area contributed by atoms with Crippen molar-refractivity contribution in [2.24, 2.45) is 0 Å². The van der Waals surface area contributed by atoms with Gasteiger partial charge in [0.05, 0.1) is 17.2 Å². The molecular weight excluding hydrogens is 364 g/mol. The lowest BCUT2D eigenvalue weighted by Crippen LogP contribution is -2.16. The highest BCUT2D eigenvalue weighted by atomic mass is 79.9. The molecular formula is C12H13BrN2O3S2. The maximum Gasteiger partial charge on any atom is 0.264 e. The van der Waals surface area contributed by atoms with Crippen LogP contribution in [-0.4, -0.2) is 18.5 Å². The van der Waals surface area contributed by atoms with Crippen molar-refractivity contribution in [3.05, 3.63) is 38.1 Å². The smallest absolute Gasteiger partial charge is 0.264 e. The molecule has 2 N–H and O–H groups in total. The van der Waals surface area contributed by atoms with Crippen molar-refractivity contribution in [2.75, 3.05) is 4.72 Å². The average molecular weight is 377 g/mol. The molecule has 8 heteroatoms. The lowest BCUT2D eigenvalue weighted by molar-refractivity contribution is 0.282. The number of aliphatic hydroxyl groups is 1. The average Bonchev–Trinajstić information content (AvgIpc) is 2.75. The lowest BCUT2D eigenvalue weighted by atomic mass is 10.3. The Balaban J connectivity index is 2.40. The first-order valence-electron chi connectivity index (χ1n) is 5.69. The van der Waals surface area contributed by atoms with Crippen LogP contribution in [-0.2, 0) is 16.6 Å². The molecule has 108 valence electrons. The molecule has 0 unspecified atom stereocenters. The maximum absolute atomic E-state index is 12.4. The molecule has 0 saturated heterocycles. The SMILES string of the molecule is Cc1csc(CO)c1S(=O)(=O)Nc1ccc(Br)c(C)n1. The number of aromatic nitrogens is 1. The van der Waals surface area contributed by atoms with Crippen LogP contribution in [0.1, 0.15) is 16.1 Å². The lowest BCUT2D eigenvalue weighted by Gasteiger charge is -2.09. The molecule has 0 amide bonds. The molecule has 2 rings (SSSR count). The van der Waals surface area contributed by atoms with Gasteiger partial charge in [0.1, 0.15) is 10.7 Å². The van der Waals surface area contributed by atoms with Crippen LogP contribution >= 0.6 is 27.3 Å². The molecule has 2 heterocycles. The Kier molecular flexibility index (Phi) is 4.48. The molecule has 0 aliphatic carbocycles. The van der Waals surface area contributed by atoms with E-state index in [1.165, 1.54) is 11.3 Å². The number of aliphatic hydroxyl groups excluding tert-OH is 1. The van der Waals surface area contributed by atoms with E-state index in [0.717, 1.165) is 4.47 Å². The van der Waals surface area contributed by atoms with Gasteiger partial charge in [0.15, 0.2) is 0 Å². The first-order valence-corrected chi connectivity index (χ1v) is 8.84. The molecule has 0 saturated carbocycles. The minimum absolute atomic E-state index is 0.132. The van der Waals surface area contributed by atoms with Gasteiger partial charge >= 0.3 is 0 Å². The molecule has 0 atom stereocenters. The van der Waals surface area contributed by atoms with E-state index >= 15 is 0 Å². The molecule has 0 bridgehead atoms. The summed E-state index contributed by atoms with van der Waals surface area (Å²) in [6, 6.07) is 3.31. The van der Waals surface area contributed by atoms with Crippen molar-refractivity contribution in [1.29, 1.82) is 0 Å². The number of aryl methyl sites for hydroxylation is 2. The fourth-order valence-electron chi connectivity index (χ4n) is 1.75. The number of halogens is 1. The second-order valence-corrected chi connectivity index (χ2v) is 7.64. The van der Waals surface area contributed by atoms with Gasteiger partial charge in [-0.15, -0.1) is 11.3 Å². The molecule has 0 aliphatic rings. The van der Waals surface area contributed by atoms with E-state index < -0.39 is 10.0 Å². The Morgan fingerprint density at radius 2 is 2.10 bits per heavy atom. The van der Waals surface area contributed by atoms with Crippen LogP contribution in [0.15, 0.2) is 26.9 Å². The van der Waals surface area contributed by atoms with E-state index in [9.17, 15) is 13.5 Å². The zero-order valence-corrected chi connectivity index (χ0v) is 14.1. The second kappa shape index (κ2) is 5.80. The van der Waals surface area contributed by atoms with E-state index in [4.69, 9.17) is 0 Å². The number of nitrogens with one attached hydrogen (secondary N) is 1. The Bertz CT molecular complexity index is 741. The monoisotopic (exact) mass is 376 g/mol. The van der Waals surface area contributed by atoms with E-state index in [1.54, 1.807) is 31.4 Å². The Hall–Kier alpha value is -0.960. The van der Waals surface area contributed by atoms with Gasteiger partial charge in [0.2, 0.25) is 0 Å². The third-order valence-electron chi connectivity index (χ3n) is 2.66. The molecule has 0 aromatic carbocycles. The van der Waals surface area contributed by atoms with Gasteiger partial charge in [-0.25, -0.2) is 13.4 Å². The predicted octanol–water partition coefficient (Wildman–Crippen LogP) is 2.82. The minimum Gasteiger partial charge on any atom is -0.391 e. The normalized spacial score (nSPS) is 11.6. The Labute approximate surface area is 129 Å². The third kappa shape index (κ3) is 3.03. The van der Waals surface area contributed by atoms with Crippen molar-refractivity contribution < 1.29 is 13.5 Å². The highest BCUT2D eigenvalue weighted by Gasteiger charge is 2.23. The number of sulfonamides is 1. The quantitative estimate of drug-likeness (QED) is 0.859. The fourth-order valence-corrected chi connectivity index (χ4v) is 4.63. The third-order valence-corrected chi connectivity index (χ3v) is 6.30. The highest BCUT2D eigenvalue weighted by Crippen LogP contribution is 2.28. The summed E-state index contributed by atoms with van der Waals surface area (Å²) in [6.07, 6.45) is 0. The maximum atomic E-state index is 12.4. The summed E-state index contributed by atoms with van der Waals surface area (Å²) in [5.41, 5.74) is 1.30. The summed E-state index contributed by atoms with van der Waals surface area (Å²) in [4.78, 5) is 4.71. The van der Waals surface area contributed by atoms with Gasteiger partial charge in [-0.2, -0.15) is 0 Å². The standard InChI is InChI=1S/C12H13BrN2O3S2/c1-7-6-19-10(5-16)12(7)20(17,18)15-11-4-3-9(13)8(2)14-11/h3-4,6,16H,5H2,1-2H3,(H,14,15). The first-order chi connectivity index (χ1) is 9.35. The number of anilines is 1. The van der Waals surface area contributed by atoms with E-state index in [0.29, 0.717) is 16.1 Å². The topological polar surface area (TPSA) is 79.3 Å². The minimum atomic E-state index is -3.75. The molecule has 0 radical (unpaired) electrons. The zero-order chi connectivity index (χ0) is 14.9. The summed E-state index contributed by atoms with van der Waals surface area (Å²) >= 11 is 4.53. The van der Waals surface area contributed by atoms with Crippen LogP contribution in [0.4, 0.5) is 5.82 Å². The largest absolute Gasteiger partial charge is 0.391 e. The van der Waals surface area contributed by atoms with Crippen molar-refractivity contribution in [3.8, 4) is 0 Å². The van der Waals surface area contributed by atoms with E-state index in [-0.39, 0.29) is 17.3 Å². The van der Waals surface area contributed by atoms with Gasteiger partial charge in [-0.3, -0.25) is 4.72 Å². The van der Waals surface area contributed by atoms with Gasteiger partial charge in [-0.1, -0.05) is 0 Å².